The van der Waals surface area contributed by atoms with Crippen LogP contribution in [0.3, 0.4) is 0 Å². The lowest BCUT2D eigenvalue weighted by Gasteiger charge is -2.16. The van der Waals surface area contributed by atoms with Gasteiger partial charge in [0.2, 0.25) is 0 Å². The van der Waals surface area contributed by atoms with Crippen LogP contribution in [0.25, 0.3) is 0 Å². The van der Waals surface area contributed by atoms with Crippen molar-refractivity contribution in [3.05, 3.63) is 57.6 Å². The van der Waals surface area contributed by atoms with E-state index in [1.54, 1.807) is 25.1 Å². The normalized spacial score (nSPS) is 11.5. The molecule has 0 heterocycles. The van der Waals surface area contributed by atoms with Gasteiger partial charge >= 0.3 is 5.97 Å². The molecule has 0 saturated heterocycles. The molecule has 0 bridgehead atoms. The Balaban J connectivity index is 1.95. The summed E-state index contributed by atoms with van der Waals surface area (Å²) in [7, 11) is 1.43. The van der Waals surface area contributed by atoms with Crippen LogP contribution in [0.4, 0.5) is 0 Å². The fraction of sp³-hybridized carbons (Fsp3) is 0.222. The second-order valence-electron chi connectivity index (χ2n) is 5.41. The minimum atomic E-state index is -0.839. The molecule has 26 heavy (non-hydrogen) atoms. The van der Waals surface area contributed by atoms with Gasteiger partial charge in [0.05, 0.1) is 13.2 Å². The number of phenols is 1. The van der Waals surface area contributed by atoms with Crippen molar-refractivity contribution in [2.75, 3.05) is 13.7 Å². The molecule has 1 atom stereocenters. The maximum Gasteiger partial charge on any atom is 0.342 e. The first-order valence-electron chi connectivity index (χ1n) is 7.60. The van der Waals surface area contributed by atoms with Crippen LogP contribution < -0.4 is 10.1 Å². The van der Waals surface area contributed by atoms with E-state index in [2.05, 4.69) is 5.32 Å². The van der Waals surface area contributed by atoms with E-state index in [0.29, 0.717) is 21.4 Å². The molecule has 8 heteroatoms. The minimum Gasteiger partial charge on any atom is -0.507 e. The molecule has 0 aliphatic heterocycles. The number of nitrogens with one attached hydrogen (secondary N) is 1. The number of aromatic hydroxyl groups is 1. The fourth-order valence-electron chi connectivity index (χ4n) is 2.23. The number of rotatable bonds is 6. The summed E-state index contributed by atoms with van der Waals surface area (Å²) in [6.45, 7) is 1.23. The smallest absolute Gasteiger partial charge is 0.342 e. The topological polar surface area (TPSA) is 84.9 Å². The van der Waals surface area contributed by atoms with E-state index in [-0.39, 0.29) is 11.3 Å². The highest BCUT2D eigenvalue weighted by Crippen LogP contribution is 2.26. The van der Waals surface area contributed by atoms with E-state index in [4.69, 9.17) is 32.7 Å². The van der Waals surface area contributed by atoms with Gasteiger partial charge in [0.1, 0.15) is 17.1 Å². The first-order valence-corrected chi connectivity index (χ1v) is 8.36. The van der Waals surface area contributed by atoms with Gasteiger partial charge in [0.15, 0.2) is 6.61 Å². The summed E-state index contributed by atoms with van der Waals surface area (Å²) in [5.41, 5.74) is 0.590. The van der Waals surface area contributed by atoms with E-state index in [9.17, 15) is 14.7 Å². The third kappa shape index (κ3) is 5.03. The first kappa shape index (κ1) is 19.9. The predicted octanol–water partition coefficient (Wildman–Crippen LogP) is 3.74. The Bertz CT molecular complexity index is 825. The Kier molecular flexibility index (Phi) is 6.71. The van der Waals surface area contributed by atoms with Crippen LogP contribution >= 0.6 is 23.2 Å². The second kappa shape index (κ2) is 8.78. The highest BCUT2D eigenvalue weighted by molar-refractivity contribution is 6.35. The van der Waals surface area contributed by atoms with Crippen molar-refractivity contribution in [1.82, 2.24) is 5.32 Å². The van der Waals surface area contributed by atoms with Gasteiger partial charge in [-0.15, -0.1) is 0 Å². The molecule has 0 aromatic heterocycles. The molecule has 1 amide bonds. The highest BCUT2D eigenvalue weighted by Gasteiger charge is 2.17. The molecule has 2 rings (SSSR count). The monoisotopic (exact) mass is 397 g/mol. The van der Waals surface area contributed by atoms with Gasteiger partial charge in [-0.25, -0.2) is 4.79 Å². The quantitative estimate of drug-likeness (QED) is 0.725. The molecule has 0 aliphatic rings. The van der Waals surface area contributed by atoms with E-state index in [0.717, 1.165) is 0 Å². The number of benzene rings is 2. The van der Waals surface area contributed by atoms with Crippen molar-refractivity contribution in [3.63, 3.8) is 0 Å². The standard InChI is InChI=1S/C18H17Cl2NO5/c1-10(13-5-3-11(19)7-15(13)20)21-17(23)9-26-18(24)14-8-12(25-2)4-6-16(14)22/h3-8,10,22H,9H2,1-2H3,(H,21,23). The zero-order valence-electron chi connectivity index (χ0n) is 14.1. The van der Waals surface area contributed by atoms with Gasteiger partial charge in [0, 0.05) is 10.0 Å². The van der Waals surface area contributed by atoms with Crippen molar-refractivity contribution in [1.29, 1.82) is 0 Å². The number of amides is 1. The average molecular weight is 398 g/mol. The summed E-state index contributed by atoms with van der Waals surface area (Å²) < 4.78 is 9.92. The number of carbonyl (C=O) groups excluding carboxylic acids is 2. The molecule has 2 aromatic carbocycles. The lowest BCUT2D eigenvalue weighted by Crippen LogP contribution is -2.31. The number of hydrogen-bond acceptors (Lipinski definition) is 5. The Morgan fingerprint density at radius 3 is 2.58 bits per heavy atom. The van der Waals surface area contributed by atoms with Crippen LogP contribution in [0.1, 0.15) is 28.9 Å². The number of hydrogen-bond donors (Lipinski definition) is 2. The number of phenolic OH excluding ortho intramolecular Hbond substituents is 1. The van der Waals surface area contributed by atoms with Crippen molar-refractivity contribution >= 4 is 35.1 Å². The summed E-state index contributed by atoms with van der Waals surface area (Å²) in [5, 5.41) is 13.3. The van der Waals surface area contributed by atoms with Gasteiger partial charge in [-0.1, -0.05) is 29.3 Å². The number of ether oxygens (including phenoxy) is 2. The number of esters is 1. The number of carbonyl (C=O) groups is 2. The Morgan fingerprint density at radius 1 is 1.19 bits per heavy atom. The molecule has 0 saturated carbocycles. The lowest BCUT2D eigenvalue weighted by molar-refractivity contribution is -0.124. The molecule has 0 fully saturated rings. The second-order valence-corrected chi connectivity index (χ2v) is 6.26. The van der Waals surface area contributed by atoms with Crippen LogP contribution in [0.15, 0.2) is 36.4 Å². The molecule has 6 nitrogen and oxygen atoms in total. The molecule has 0 aliphatic carbocycles. The Morgan fingerprint density at radius 2 is 1.92 bits per heavy atom. The van der Waals surface area contributed by atoms with Crippen LogP contribution in [-0.4, -0.2) is 30.7 Å². The van der Waals surface area contributed by atoms with Gasteiger partial charge in [-0.3, -0.25) is 4.79 Å². The molecular weight excluding hydrogens is 381 g/mol. The summed E-state index contributed by atoms with van der Waals surface area (Å²) in [6.07, 6.45) is 0. The average Bonchev–Trinajstić information content (AvgIpc) is 2.60. The van der Waals surface area contributed by atoms with E-state index >= 15 is 0 Å². The van der Waals surface area contributed by atoms with E-state index in [1.165, 1.54) is 25.3 Å². The van der Waals surface area contributed by atoms with Gasteiger partial charge in [-0.2, -0.15) is 0 Å². The van der Waals surface area contributed by atoms with E-state index < -0.39 is 24.5 Å². The molecule has 2 aromatic rings. The van der Waals surface area contributed by atoms with Crippen molar-refractivity contribution in [2.24, 2.45) is 0 Å². The molecule has 2 N–H and O–H groups in total. The van der Waals surface area contributed by atoms with Crippen LogP contribution in [0.2, 0.25) is 10.0 Å². The van der Waals surface area contributed by atoms with E-state index in [1.807, 2.05) is 0 Å². The first-order chi connectivity index (χ1) is 12.3. The third-order valence-electron chi connectivity index (χ3n) is 3.56. The van der Waals surface area contributed by atoms with Crippen LogP contribution in [-0.2, 0) is 9.53 Å². The SMILES string of the molecule is COc1ccc(O)c(C(=O)OCC(=O)NC(C)c2ccc(Cl)cc2Cl)c1. The third-order valence-corrected chi connectivity index (χ3v) is 4.13. The van der Waals surface area contributed by atoms with Gasteiger partial charge in [-0.05, 0) is 42.8 Å². The summed E-state index contributed by atoms with van der Waals surface area (Å²) >= 11 is 11.9. The Hall–Kier alpha value is -2.44. The summed E-state index contributed by atoms with van der Waals surface area (Å²) in [4.78, 5) is 24.0. The van der Waals surface area contributed by atoms with Crippen molar-refractivity contribution in [2.45, 2.75) is 13.0 Å². The number of halogens is 2. The zero-order chi connectivity index (χ0) is 19.3. The largest absolute Gasteiger partial charge is 0.507 e. The molecule has 0 spiro atoms. The summed E-state index contributed by atoms with van der Waals surface area (Å²) in [5.74, 6) is -1.24. The zero-order valence-corrected chi connectivity index (χ0v) is 15.6. The van der Waals surface area contributed by atoms with Gasteiger partial charge in [0.25, 0.3) is 5.91 Å². The highest BCUT2D eigenvalue weighted by atomic mass is 35.5. The number of methoxy groups -OCH3 is 1. The van der Waals surface area contributed by atoms with Crippen molar-refractivity contribution < 1.29 is 24.2 Å². The van der Waals surface area contributed by atoms with Crippen LogP contribution in [0.5, 0.6) is 11.5 Å². The fourth-order valence-corrected chi connectivity index (χ4v) is 2.80. The molecule has 0 radical (unpaired) electrons. The molecular formula is C18H17Cl2NO5. The molecule has 138 valence electrons. The van der Waals surface area contributed by atoms with Crippen molar-refractivity contribution in [3.8, 4) is 11.5 Å². The maximum atomic E-state index is 12.0. The minimum absolute atomic E-state index is 0.0917. The maximum absolute atomic E-state index is 12.0. The summed E-state index contributed by atoms with van der Waals surface area (Å²) in [6, 6.07) is 8.66. The molecule has 1 unspecified atom stereocenters. The van der Waals surface area contributed by atoms with Crippen LogP contribution in [0, 0.1) is 0 Å². The van der Waals surface area contributed by atoms with Gasteiger partial charge < -0.3 is 19.9 Å². The lowest BCUT2D eigenvalue weighted by atomic mass is 10.1. The Labute approximate surface area is 160 Å². The predicted molar refractivity (Wildman–Crippen MR) is 98.0 cm³/mol.